The van der Waals surface area contributed by atoms with Crippen LogP contribution in [0.15, 0.2) is 78.1 Å². The maximum atomic E-state index is 10.6. The number of aliphatic hydroxyl groups excluding tert-OH is 1. The first-order valence-corrected chi connectivity index (χ1v) is 23.0. The molecular formula is C49H71BClN5O10. The number of nitrogens with zero attached hydrogens (tertiary/aromatic N) is 3. The Kier molecular flexibility index (Phi) is 25.6. The van der Waals surface area contributed by atoms with Gasteiger partial charge < -0.3 is 40.8 Å². The smallest absolute Gasteiger partial charge is 0.481 e. The number of carboxylic acids is 2. The van der Waals surface area contributed by atoms with E-state index < -0.39 is 19.1 Å². The Morgan fingerprint density at radius 3 is 1.85 bits per heavy atom. The van der Waals surface area contributed by atoms with E-state index in [1.807, 2.05) is 24.5 Å². The number of hydrogen-bond acceptors (Lipinski definition) is 12. The van der Waals surface area contributed by atoms with E-state index >= 15 is 0 Å². The van der Waals surface area contributed by atoms with E-state index in [1.165, 1.54) is 55.8 Å². The molecule has 2 aromatic carbocycles. The number of aliphatic carboxylic acids is 2. The summed E-state index contributed by atoms with van der Waals surface area (Å²) >= 11 is 5.38. The fraction of sp³-hybridized carbons (Fsp3) is 0.531. The molecule has 0 amide bonds. The quantitative estimate of drug-likeness (QED) is 0.0412. The van der Waals surface area contributed by atoms with Gasteiger partial charge >= 0.3 is 30.8 Å². The molecular weight excluding hydrogens is 865 g/mol. The average Bonchev–Trinajstić information content (AvgIpc) is 3.27. The molecule has 2 aromatic heterocycles. The summed E-state index contributed by atoms with van der Waals surface area (Å²) in [6.07, 6.45) is 18.9. The van der Waals surface area contributed by atoms with Gasteiger partial charge in [0.2, 0.25) is 0 Å². The van der Waals surface area contributed by atoms with Gasteiger partial charge in [0.1, 0.15) is 12.4 Å². The summed E-state index contributed by atoms with van der Waals surface area (Å²) in [6.45, 7) is 14.1. The van der Waals surface area contributed by atoms with Crippen LogP contribution in [-0.2, 0) is 16.0 Å². The molecule has 0 unspecified atom stereocenters. The van der Waals surface area contributed by atoms with Crippen molar-refractivity contribution >= 4 is 42.4 Å². The molecule has 0 spiro atoms. The van der Waals surface area contributed by atoms with E-state index in [2.05, 4.69) is 73.6 Å². The summed E-state index contributed by atoms with van der Waals surface area (Å²) in [7, 11) is -1.50. The molecule has 66 heavy (non-hydrogen) atoms. The third kappa shape index (κ3) is 24.0. The fourth-order valence-corrected chi connectivity index (χ4v) is 7.52. The number of rotatable bonds is 12. The predicted octanol–water partition coefficient (Wildman–Crippen LogP) is 7.53. The highest BCUT2D eigenvalue weighted by atomic mass is 35.5. The maximum Gasteiger partial charge on any atom is 0.488 e. The lowest BCUT2D eigenvalue weighted by Gasteiger charge is -2.36. The van der Waals surface area contributed by atoms with Gasteiger partial charge in [-0.15, -0.1) is 0 Å². The monoisotopic (exact) mass is 935 g/mol. The van der Waals surface area contributed by atoms with Gasteiger partial charge in [-0.05, 0) is 110 Å². The topological polar surface area (TPSA) is 259 Å². The number of carbonyl (C=O) groups excluding carboxylic acids is 1. The fourth-order valence-electron chi connectivity index (χ4n) is 7.42. The Morgan fingerprint density at radius 1 is 0.803 bits per heavy atom. The number of benzene rings is 2. The van der Waals surface area contributed by atoms with Crippen LogP contribution in [0.2, 0.25) is 5.02 Å². The van der Waals surface area contributed by atoms with Gasteiger partial charge in [-0.3, -0.25) is 14.4 Å². The lowest BCUT2D eigenvalue weighted by molar-refractivity contribution is -0.138. The number of unbranched alkanes of at least 4 members (excludes halogenated alkanes) is 1. The summed E-state index contributed by atoms with van der Waals surface area (Å²) in [4.78, 5) is 55.1. The second-order valence-electron chi connectivity index (χ2n) is 18.7. The first kappa shape index (κ1) is 57.1. The molecule has 8 N–H and O–H groups in total. The van der Waals surface area contributed by atoms with Crippen molar-refractivity contribution in [3.05, 3.63) is 100.0 Å². The van der Waals surface area contributed by atoms with Gasteiger partial charge in [-0.25, -0.2) is 19.7 Å². The van der Waals surface area contributed by atoms with Crippen molar-refractivity contribution < 1.29 is 44.5 Å². The number of aliphatic hydroxyl groups is 1. The molecule has 0 aliphatic heterocycles. The van der Waals surface area contributed by atoms with Crippen LogP contribution in [0.5, 0.6) is 6.01 Å². The second kappa shape index (κ2) is 29.6. The van der Waals surface area contributed by atoms with Crippen molar-refractivity contribution in [1.82, 2.24) is 19.9 Å². The van der Waals surface area contributed by atoms with Gasteiger partial charge in [0.15, 0.2) is 0 Å². The standard InChI is InChI=1S/C25H34N2O3.C10H20O.C7H7BO3.C4H3ClN2O.C3H7NO2/c1-25(2,3)21-11-13-22(14-12-21)30-24-26-16-20(17-27-24)19-9-6-8-18(15-19)7-4-5-10-23(28)29;1-10(2,3)8-4-6-9(11)7-5-8;9-5-6-2-1-3-7(4-6)8(10)11;5-3-1-6-4(8)7-2-3;4-2-1-3(5)6/h6,8-9,15-17,21-22H,4-5,7,10-14H2,1-3H3,(H,28,29);8-9,11H,4-7H2,1-3H3;1-5,10-11H;1-2H,(H,6,7,8);1-2,4H2,(H,5,6). The van der Waals surface area contributed by atoms with E-state index in [0.29, 0.717) is 45.6 Å². The summed E-state index contributed by atoms with van der Waals surface area (Å²) in [5.41, 5.74) is 9.29. The highest BCUT2D eigenvalue weighted by molar-refractivity contribution is 6.58. The van der Waals surface area contributed by atoms with E-state index in [9.17, 15) is 24.3 Å². The minimum absolute atomic E-state index is 0.00593. The van der Waals surface area contributed by atoms with Crippen LogP contribution in [0.25, 0.3) is 11.1 Å². The molecule has 2 aliphatic rings. The summed E-state index contributed by atoms with van der Waals surface area (Å²) in [5.74, 6) is 0.0194. The SMILES string of the molecule is CC(C)(C)C1CCC(O)CC1.CC(C)(C)C1CCC(Oc2ncc(-c3cccc(CCCCC(=O)O)c3)cn2)CC1.NCCC(=O)O.O=Cc1cccc(B(O)O)c1.O=c1ncc(Cl)c[nH]1. The first-order chi connectivity index (χ1) is 31.1. The Labute approximate surface area is 394 Å². The van der Waals surface area contributed by atoms with Crippen LogP contribution in [0.1, 0.15) is 135 Å². The van der Waals surface area contributed by atoms with Crippen LogP contribution in [0, 0.1) is 22.7 Å². The number of carbonyl (C=O) groups is 3. The number of nitrogens with two attached hydrogens (primary N) is 1. The van der Waals surface area contributed by atoms with Gasteiger partial charge in [-0.1, -0.05) is 102 Å². The van der Waals surface area contributed by atoms with Crippen LogP contribution in [-0.4, -0.2) is 89.4 Å². The van der Waals surface area contributed by atoms with E-state index in [1.54, 1.807) is 12.1 Å². The molecule has 0 radical (unpaired) electrons. The summed E-state index contributed by atoms with van der Waals surface area (Å²) in [6, 6.07) is 14.9. The molecule has 15 nitrogen and oxygen atoms in total. The number of aldehydes is 1. The molecule has 2 saturated carbocycles. The maximum absolute atomic E-state index is 10.6. The first-order valence-electron chi connectivity index (χ1n) is 22.6. The Balaban J connectivity index is 0.000000337. The van der Waals surface area contributed by atoms with Crippen LogP contribution in [0.3, 0.4) is 0 Å². The summed E-state index contributed by atoms with van der Waals surface area (Å²) in [5, 5.41) is 43.7. The zero-order valence-corrected chi connectivity index (χ0v) is 40.1. The molecule has 2 aliphatic carbocycles. The number of carboxylic acid groups (broad SMARTS) is 2. The van der Waals surface area contributed by atoms with Crippen LogP contribution in [0.4, 0.5) is 0 Å². The Hall–Kier alpha value is -5.00. The highest BCUT2D eigenvalue weighted by Gasteiger charge is 2.31. The molecule has 2 heterocycles. The second-order valence-corrected chi connectivity index (χ2v) is 19.2. The van der Waals surface area contributed by atoms with Crippen molar-refractivity contribution in [3.63, 3.8) is 0 Å². The predicted molar refractivity (Wildman–Crippen MR) is 259 cm³/mol. The minimum atomic E-state index is -1.50. The third-order valence-electron chi connectivity index (χ3n) is 11.4. The molecule has 0 saturated heterocycles. The molecule has 362 valence electrons. The number of ether oxygens (including phenoxy) is 1. The zero-order chi connectivity index (χ0) is 49.3. The van der Waals surface area contributed by atoms with E-state index in [-0.39, 0.29) is 37.3 Å². The van der Waals surface area contributed by atoms with Gasteiger partial charge in [0.25, 0.3) is 0 Å². The Bertz CT molecular complexity index is 2060. The lowest BCUT2D eigenvalue weighted by Crippen LogP contribution is -2.30. The average molecular weight is 936 g/mol. The number of H-pyrrole nitrogens is 1. The number of aromatic nitrogens is 4. The molecule has 0 bridgehead atoms. The normalized spacial score (nSPS) is 17.9. The van der Waals surface area contributed by atoms with Crippen molar-refractivity contribution in [2.45, 2.75) is 137 Å². The molecule has 2 fully saturated rings. The minimum Gasteiger partial charge on any atom is -0.481 e. The number of aromatic amines is 1. The Morgan fingerprint density at radius 2 is 1.38 bits per heavy atom. The molecule has 4 aromatic rings. The highest BCUT2D eigenvalue weighted by Crippen LogP contribution is 2.39. The largest absolute Gasteiger partial charge is 0.488 e. The zero-order valence-electron chi connectivity index (χ0n) is 39.4. The van der Waals surface area contributed by atoms with E-state index in [0.717, 1.165) is 61.5 Å². The number of aryl methyl sites for hydroxylation is 1. The van der Waals surface area contributed by atoms with Crippen LogP contribution >= 0.6 is 11.6 Å². The van der Waals surface area contributed by atoms with Crippen molar-refractivity contribution in [2.75, 3.05) is 6.54 Å². The van der Waals surface area contributed by atoms with Gasteiger partial charge in [-0.2, -0.15) is 0 Å². The molecule has 6 rings (SSSR count). The number of nitrogens with one attached hydrogen (secondary N) is 1. The van der Waals surface area contributed by atoms with Crippen molar-refractivity contribution in [2.24, 2.45) is 28.4 Å². The lowest BCUT2D eigenvalue weighted by atomic mass is 9.72. The molecule has 0 atom stereocenters. The van der Waals surface area contributed by atoms with Crippen molar-refractivity contribution in [3.8, 4) is 17.1 Å². The van der Waals surface area contributed by atoms with Gasteiger partial charge in [0.05, 0.1) is 23.7 Å². The van der Waals surface area contributed by atoms with Crippen LogP contribution < -0.4 is 21.6 Å². The van der Waals surface area contributed by atoms with Crippen molar-refractivity contribution in [1.29, 1.82) is 0 Å². The summed E-state index contributed by atoms with van der Waals surface area (Å²) < 4.78 is 6.05. The third-order valence-corrected chi connectivity index (χ3v) is 11.6. The molecule has 17 heteroatoms. The van der Waals surface area contributed by atoms with Gasteiger partial charge in [0, 0.05) is 42.7 Å². The number of halogens is 1. The number of hydrogen-bond donors (Lipinski definition) is 7. The van der Waals surface area contributed by atoms with E-state index in [4.69, 9.17) is 42.3 Å².